The number of halogens is 2. The van der Waals surface area contributed by atoms with Crippen molar-refractivity contribution in [3.05, 3.63) is 78.6 Å². The Balaban J connectivity index is 1.85. The van der Waals surface area contributed by atoms with E-state index in [0.29, 0.717) is 41.1 Å². The largest absolute Gasteiger partial charge is 0.450 e. The van der Waals surface area contributed by atoms with Crippen LogP contribution in [-0.2, 0) is 4.74 Å². The molecule has 0 bridgehead atoms. The van der Waals surface area contributed by atoms with Gasteiger partial charge in [0.25, 0.3) is 5.91 Å². The van der Waals surface area contributed by atoms with Gasteiger partial charge in [0.2, 0.25) is 5.76 Å². The number of amides is 1. The number of carbonyl (C=O) groups is 1. The Hall–Kier alpha value is -2.15. The quantitative estimate of drug-likeness (QED) is 0.394. The zero-order valence-electron chi connectivity index (χ0n) is 17.6. The van der Waals surface area contributed by atoms with Crippen molar-refractivity contribution in [3.8, 4) is 0 Å². The number of nitrogens with zero attached hydrogens (tertiary/aromatic N) is 1. The number of carbonyl (C=O) groups excluding carboxylic acids is 1. The van der Waals surface area contributed by atoms with Crippen LogP contribution >= 0.6 is 27.5 Å². The third-order valence-electron chi connectivity index (χ3n) is 5.41. The molecule has 1 aliphatic heterocycles. The highest BCUT2D eigenvalue weighted by Gasteiger charge is 2.42. The maximum absolute atomic E-state index is 13.5. The molecule has 0 saturated heterocycles. The first-order valence-electron chi connectivity index (χ1n) is 10.2. The summed E-state index contributed by atoms with van der Waals surface area (Å²) in [5, 5.41) is 0.873. The number of rotatable bonds is 6. The molecule has 7 heteroatoms. The van der Waals surface area contributed by atoms with E-state index >= 15 is 0 Å². The van der Waals surface area contributed by atoms with Crippen LogP contribution in [0.5, 0.6) is 0 Å². The molecular formula is C24H23BrClNO4. The van der Waals surface area contributed by atoms with Gasteiger partial charge in [0.05, 0.1) is 23.1 Å². The molecule has 162 valence electrons. The minimum absolute atomic E-state index is 0.106. The van der Waals surface area contributed by atoms with Crippen LogP contribution < -0.4 is 5.43 Å². The molecular weight excluding hydrogens is 482 g/mol. The van der Waals surface area contributed by atoms with Crippen LogP contribution in [0.25, 0.3) is 11.0 Å². The third kappa shape index (κ3) is 4.16. The Morgan fingerprint density at radius 3 is 2.71 bits per heavy atom. The summed E-state index contributed by atoms with van der Waals surface area (Å²) in [4.78, 5) is 28.6. The molecule has 1 aromatic heterocycles. The molecule has 4 rings (SSSR count). The number of fused-ring (bicyclic) bond motifs is 2. The summed E-state index contributed by atoms with van der Waals surface area (Å²) < 4.78 is 12.5. The summed E-state index contributed by atoms with van der Waals surface area (Å²) in [5.74, 6) is -0.176. The van der Waals surface area contributed by atoms with Gasteiger partial charge in [0.15, 0.2) is 5.43 Å². The van der Waals surface area contributed by atoms with Crippen LogP contribution in [-0.4, -0.2) is 30.1 Å². The van der Waals surface area contributed by atoms with Gasteiger partial charge in [-0.2, -0.15) is 0 Å². The second-order valence-corrected chi connectivity index (χ2v) is 9.32. The lowest BCUT2D eigenvalue weighted by atomic mass is 9.98. The highest BCUT2D eigenvalue weighted by molar-refractivity contribution is 9.10. The lowest BCUT2D eigenvalue weighted by Gasteiger charge is -2.25. The first-order valence-corrected chi connectivity index (χ1v) is 11.4. The molecule has 2 aromatic carbocycles. The SMILES string of the molecule is Cc1cc2oc3c(c(=O)c2cc1Cl)C(c1cccc(Br)c1)N(CCCOC(C)C)C3=O. The maximum atomic E-state index is 13.5. The fourth-order valence-electron chi connectivity index (χ4n) is 3.95. The molecule has 1 amide bonds. The van der Waals surface area contributed by atoms with E-state index in [1.54, 1.807) is 17.0 Å². The van der Waals surface area contributed by atoms with Crippen molar-refractivity contribution in [2.75, 3.05) is 13.2 Å². The second-order valence-electron chi connectivity index (χ2n) is 8.00. The highest BCUT2D eigenvalue weighted by atomic mass is 79.9. The highest BCUT2D eigenvalue weighted by Crippen LogP contribution is 2.39. The second kappa shape index (κ2) is 8.77. The fourth-order valence-corrected chi connectivity index (χ4v) is 4.53. The van der Waals surface area contributed by atoms with E-state index in [2.05, 4.69) is 15.9 Å². The molecule has 1 unspecified atom stereocenters. The molecule has 0 saturated carbocycles. The molecule has 31 heavy (non-hydrogen) atoms. The summed E-state index contributed by atoms with van der Waals surface area (Å²) in [7, 11) is 0. The van der Waals surface area contributed by atoms with Gasteiger partial charge < -0.3 is 14.1 Å². The minimum Gasteiger partial charge on any atom is -0.450 e. The molecule has 0 N–H and O–H groups in total. The van der Waals surface area contributed by atoms with Crippen LogP contribution in [0.2, 0.25) is 5.02 Å². The Kier molecular flexibility index (Phi) is 6.24. The molecule has 2 heterocycles. The van der Waals surface area contributed by atoms with E-state index in [1.165, 1.54) is 0 Å². The van der Waals surface area contributed by atoms with E-state index in [-0.39, 0.29) is 23.2 Å². The standard InChI is InChI=1S/C24H23BrClNO4/c1-13(2)30-9-5-8-27-21(15-6-4-7-16(25)11-15)20-22(28)17-12-18(26)14(3)10-19(17)31-23(20)24(27)29/h4,6-7,10-13,21H,5,8-9H2,1-3H3. The first-order chi connectivity index (χ1) is 14.8. The predicted molar refractivity (Wildman–Crippen MR) is 125 cm³/mol. The molecule has 1 atom stereocenters. The fraction of sp³-hybridized carbons (Fsp3) is 0.333. The van der Waals surface area contributed by atoms with Gasteiger partial charge in [-0.3, -0.25) is 9.59 Å². The van der Waals surface area contributed by atoms with E-state index in [9.17, 15) is 9.59 Å². The third-order valence-corrected chi connectivity index (χ3v) is 6.31. The summed E-state index contributed by atoms with van der Waals surface area (Å²) >= 11 is 9.77. The number of aryl methyl sites for hydroxylation is 1. The van der Waals surface area contributed by atoms with Crippen molar-refractivity contribution in [3.63, 3.8) is 0 Å². The number of ether oxygens (including phenoxy) is 1. The van der Waals surface area contributed by atoms with Crippen LogP contribution in [0.15, 0.2) is 50.1 Å². The maximum Gasteiger partial charge on any atom is 0.290 e. The number of hydrogen-bond acceptors (Lipinski definition) is 4. The van der Waals surface area contributed by atoms with E-state index in [1.807, 2.05) is 45.0 Å². The summed E-state index contributed by atoms with van der Waals surface area (Å²) in [6.07, 6.45) is 0.773. The van der Waals surface area contributed by atoms with Crippen LogP contribution in [0, 0.1) is 6.92 Å². The smallest absolute Gasteiger partial charge is 0.290 e. The predicted octanol–water partition coefficient (Wildman–Crippen LogP) is 5.88. The molecule has 0 radical (unpaired) electrons. The molecule has 0 spiro atoms. The van der Waals surface area contributed by atoms with Crippen molar-refractivity contribution in [2.45, 2.75) is 39.3 Å². The van der Waals surface area contributed by atoms with Gasteiger partial charge in [-0.15, -0.1) is 0 Å². The topological polar surface area (TPSA) is 59.8 Å². The van der Waals surface area contributed by atoms with Gasteiger partial charge in [0, 0.05) is 22.6 Å². The van der Waals surface area contributed by atoms with Crippen molar-refractivity contribution in [1.82, 2.24) is 4.90 Å². The Bertz CT molecular complexity index is 1220. The van der Waals surface area contributed by atoms with Crippen molar-refractivity contribution in [1.29, 1.82) is 0 Å². The Labute approximate surface area is 194 Å². The Morgan fingerprint density at radius 1 is 1.23 bits per heavy atom. The number of hydrogen-bond donors (Lipinski definition) is 0. The lowest BCUT2D eigenvalue weighted by molar-refractivity contribution is 0.0593. The van der Waals surface area contributed by atoms with Gasteiger partial charge in [-0.25, -0.2) is 0 Å². The van der Waals surface area contributed by atoms with Gasteiger partial charge in [-0.05, 0) is 62.6 Å². The van der Waals surface area contributed by atoms with Crippen LogP contribution in [0.1, 0.15) is 53.6 Å². The first kappa shape index (κ1) is 22.1. The van der Waals surface area contributed by atoms with Crippen LogP contribution in [0.4, 0.5) is 0 Å². The van der Waals surface area contributed by atoms with E-state index < -0.39 is 6.04 Å². The molecule has 5 nitrogen and oxygen atoms in total. The average molecular weight is 505 g/mol. The number of benzene rings is 2. The van der Waals surface area contributed by atoms with Crippen LogP contribution in [0.3, 0.4) is 0 Å². The zero-order chi connectivity index (χ0) is 22.3. The van der Waals surface area contributed by atoms with Crippen molar-refractivity contribution < 1.29 is 13.9 Å². The van der Waals surface area contributed by atoms with Gasteiger partial charge in [-0.1, -0.05) is 39.7 Å². The molecule has 1 aliphatic rings. The summed E-state index contributed by atoms with van der Waals surface area (Å²) in [5.41, 5.74) is 2.14. The molecule has 0 aliphatic carbocycles. The normalized spacial score (nSPS) is 15.9. The van der Waals surface area contributed by atoms with E-state index in [4.69, 9.17) is 20.8 Å². The van der Waals surface area contributed by atoms with Crippen molar-refractivity contribution >= 4 is 44.4 Å². The van der Waals surface area contributed by atoms with Gasteiger partial charge in [0.1, 0.15) is 5.58 Å². The lowest BCUT2D eigenvalue weighted by Crippen LogP contribution is -2.31. The average Bonchev–Trinajstić information content (AvgIpc) is 2.99. The minimum atomic E-state index is -0.528. The monoisotopic (exact) mass is 503 g/mol. The van der Waals surface area contributed by atoms with Crippen molar-refractivity contribution in [2.24, 2.45) is 0 Å². The molecule has 3 aromatic rings. The summed E-state index contributed by atoms with van der Waals surface area (Å²) in [6.45, 7) is 6.76. The molecule has 0 fully saturated rings. The Morgan fingerprint density at radius 2 is 2.00 bits per heavy atom. The van der Waals surface area contributed by atoms with Gasteiger partial charge >= 0.3 is 0 Å². The van der Waals surface area contributed by atoms with E-state index in [0.717, 1.165) is 15.6 Å². The zero-order valence-corrected chi connectivity index (χ0v) is 19.9. The summed E-state index contributed by atoms with van der Waals surface area (Å²) in [6, 6.07) is 10.5.